The zero-order valence-electron chi connectivity index (χ0n) is 16.3. The molecular weight excluding hydrogens is 380 g/mol. The van der Waals surface area contributed by atoms with Gasteiger partial charge < -0.3 is 9.64 Å². The maximum atomic E-state index is 12.7. The van der Waals surface area contributed by atoms with Crippen LogP contribution in [0.15, 0.2) is 96.6 Å². The summed E-state index contributed by atoms with van der Waals surface area (Å²) in [6.07, 6.45) is 1.92. The second-order valence-corrected chi connectivity index (χ2v) is 6.96. The Kier molecular flexibility index (Phi) is 5.30. The van der Waals surface area contributed by atoms with Gasteiger partial charge in [-0.2, -0.15) is 0 Å². The van der Waals surface area contributed by atoms with Crippen LogP contribution in [0.25, 0.3) is 0 Å². The molecular formula is C24H20N2O4. The Morgan fingerprint density at radius 1 is 0.900 bits per heavy atom. The van der Waals surface area contributed by atoms with Gasteiger partial charge in [0.05, 0.1) is 29.7 Å². The normalized spacial score (nSPS) is 18.0. The van der Waals surface area contributed by atoms with Crippen molar-refractivity contribution in [3.05, 3.63) is 118 Å². The smallest absolute Gasteiger partial charge is 0.335 e. The van der Waals surface area contributed by atoms with Crippen LogP contribution in [0.5, 0.6) is 0 Å². The minimum atomic E-state index is -0.421. The standard InChI is InChI=1S/C24H20N2O4/c1-30-24(27)21-16-22(17-8-4-2-5-9-17)25(23(21)18-10-6-3-7-11-18)19-12-14-20(15-13-19)26(28)29/h2-16,22-23H,1H3/t22-,23+/m0/s1. The quantitative estimate of drug-likeness (QED) is 0.342. The average molecular weight is 400 g/mol. The SMILES string of the molecule is COC(=O)C1=C[C@@H](c2ccccc2)N(c2ccc([N+](=O)[O-])cc2)[C@@H]1c1ccccc1. The molecule has 4 rings (SSSR count). The van der Waals surface area contributed by atoms with Gasteiger partial charge in [0.15, 0.2) is 0 Å². The van der Waals surface area contributed by atoms with Crippen LogP contribution in [0.4, 0.5) is 11.4 Å². The van der Waals surface area contributed by atoms with Crippen LogP contribution in [-0.2, 0) is 9.53 Å². The van der Waals surface area contributed by atoms with E-state index in [0.29, 0.717) is 5.57 Å². The number of esters is 1. The molecule has 0 aromatic heterocycles. The highest BCUT2D eigenvalue weighted by Gasteiger charge is 2.40. The number of nitro benzene ring substituents is 1. The van der Waals surface area contributed by atoms with Gasteiger partial charge in [0.25, 0.3) is 5.69 Å². The molecule has 1 heterocycles. The fraction of sp³-hybridized carbons (Fsp3) is 0.125. The van der Waals surface area contributed by atoms with Gasteiger partial charge in [-0.15, -0.1) is 0 Å². The fourth-order valence-electron chi connectivity index (χ4n) is 3.89. The van der Waals surface area contributed by atoms with Crippen molar-refractivity contribution in [1.29, 1.82) is 0 Å². The Morgan fingerprint density at radius 2 is 1.47 bits per heavy atom. The van der Waals surface area contributed by atoms with Crippen molar-refractivity contribution in [2.24, 2.45) is 0 Å². The summed E-state index contributed by atoms with van der Waals surface area (Å²) in [4.78, 5) is 25.5. The number of carbonyl (C=O) groups excluding carboxylic acids is 1. The van der Waals surface area contributed by atoms with Crippen molar-refractivity contribution in [2.45, 2.75) is 12.1 Å². The number of carbonyl (C=O) groups is 1. The van der Waals surface area contributed by atoms with Crippen LogP contribution in [0.3, 0.4) is 0 Å². The van der Waals surface area contributed by atoms with Gasteiger partial charge in [0.2, 0.25) is 0 Å². The maximum absolute atomic E-state index is 12.7. The molecule has 0 saturated heterocycles. The van der Waals surface area contributed by atoms with Crippen molar-refractivity contribution in [1.82, 2.24) is 0 Å². The molecule has 150 valence electrons. The first-order valence-electron chi connectivity index (χ1n) is 9.53. The number of rotatable bonds is 5. The number of anilines is 1. The molecule has 2 atom stereocenters. The molecule has 0 saturated carbocycles. The molecule has 30 heavy (non-hydrogen) atoms. The van der Waals surface area contributed by atoms with E-state index < -0.39 is 10.9 Å². The first-order valence-corrected chi connectivity index (χ1v) is 9.53. The molecule has 0 amide bonds. The molecule has 0 bridgehead atoms. The highest BCUT2D eigenvalue weighted by molar-refractivity contribution is 5.92. The largest absolute Gasteiger partial charge is 0.466 e. The average Bonchev–Trinajstić information content (AvgIpc) is 3.20. The van der Waals surface area contributed by atoms with Crippen LogP contribution in [0.1, 0.15) is 23.2 Å². The number of benzene rings is 3. The first kappa shape index (κ1) is 19.4. The summed E-state index contributed by atoms with van der Waals surface area (Å²) in [5.41, 5.74) is 3.28. The summed E-state index contributed by atoms with van der Waals surface area (Å²) in [7, 11) is 1.37. The highest BCUT2D eigenvalue weighted by atomic mass is 16.6. The van der Waals surface area contributed by atoms with Crippen molar-refractivity contribution in [3.63, 3.8) is 0 Å². The lowest BCUT2D eigenvalue weighted by atomic mass is 9.99. The van der Waals surface area contributed by atoms with Gasteiger partial charge in [-0.05, 0) is 29.3 Å². The molecule has 3 aromatic carbocycles. The minimum absolute atomic E-state index is 0.0200. The lowest BCUT2D eigenvalue weighted by Crippen LogP contribution is -2.29. The molecule has 6 nitrogen and oxygen atoms in total. The van der Waals surface area contributed by atoms with Crippen molar-refractivity contribution < 1.29 is 14.5 Å². The summed E-state index contributed by atoms with van der Waals surface area (Å²) >= 11 is 0. The number of ether oxygens (including phenoxy) is 1. The van der Waals surface area contributed by atoms with Crippen molar-refractivity contribution in [2.75, 3.05) is 12.0 Å². The molecule has 0 aliphatic carbocycles. The number of methoxy groups -OCH3 is 1. The fourth-order valence-corrected chi connectivity index (χ4v) is 3.89. The number of non-ortho nitro benzene ring substituents is 1. The molecule has 6 heteroatoms. The van der Waals surface area contributed by atoms with Gasteiger partial charge in [-0.1, -0.05) is 60.7 Å². The Balaban J connectivity index is 1.88. The molecule has 3 aromatic rings. The van der Waals surface area contributed by atoms with Crippen molar-refractivity contribution >= 4 is 17.3 Å². The van der Waals surface area contributed by atoms with Gasteiger partial charge in [0, 0.05) is 17.8 Å². The lowest BCUT2D eigenvalue weighted by molar-refractivity contribution is -0.384. The monoisotopic (exact) mass is 400 g/mol. The van der Waals surface area contributed by atoms with E-state index in [0.717, 1.165) is 16.8 Å². The Morgan fingerprint density at radius 3 is 2.00 bits per heavy atom. The van der Waals surface area contributed by atoms with Crippen LogP contribution in [0.2, 0.25) is 0 Å². The predicted octanol–water partition coefficient (Wildman–Crippen LogP) is 5.00. The van der Waals surface area contributed by atoms with E-state index in [1.165, 1.54) is 19.2 Å². The molecule has 0 fully saturated rings. The number of nitrogens with zero attached hydrogens (tertiary/aromatic N) is 2. The Bertz CT molecular complexity index is 1080. The number of nitro groups is 1. The number of hydrogen-bond donors (Lipinski definition) is 0. The van der Waals surface area contributed by atoms with E-state index >= 15 is 0 Å². The second-order valence-electron chi connectivity index (χ2n) is 6.96. The summed E-state index contributed by atoms with van der Waals surface area (Å²) in [5, 5.41) is 11.1. The maximum Gasteiger partial charge on any atom is 0.335 e. The zero-order chi connectivity index (χ0) is 21.1. The van der Waals surface area contributed by atoms with Gasteiger partial charge in [0.1, 0.15) is 0 Å². The van der Waals surface area contributed by atoms with E-state index in [4.69, 9.17) is 4.74 Å². The Hall–Kier alpha value is -3.93. The summed E-state index contributed by atoms with van der Waals surface area (Å²) in [5.74, 6) is -0.394. The predicted molar refractivity (Wildman–Crippen MR) is 114 cm³/mol. The zero-order valence-corrected chi connectivity index (χ0v) is 16.3. The second kappa shape index (κ2) is 8.21. The molecule has 0 spiro atoms. The molecule has 1 aliphatic rings. The highest BCUT2D eigenvalue weighted by Crippen LogP contribution is 2.46. The van der Waals surface area contributed by atoms with Crippen LogP contribution in [-0.4, -0.2) is 18.0 Å². The van der Waals surface area contributed by atoms with E-state index in [-0.39, 0.29) is 17.8 Å². The van der Waals surface area contributed by atoms with Crippen LogP contribution in [0, 0.1) is 10.1 Å². The van der Waals surface area contributed by atoms with Crippen molar-refractivity contribution in [3.8, 4) is 0 Å². The van der Waals surface area contributed by atoms with Gasteiger partial charge >= 0.3 is 5.97 Å². The third-order valence-corrected chi connectivity index (χ3v) is 5.25. The van der Waals surface area contributed by atoms with Crippen LogP contribution < -0.4 is 4.90 Å². The minimum Gasteiger partial charge on any atom is -0.466 e. The molecule has 0 unspecified atom stereocenters. The topological polar surface area (TPSA) is 72.7 Å². The number of hydrogen-bond acceptors (Lipinski definition) is 5. The molecule has 0 N–H and O–H groups in total. The van der Waals surface area contributed by atoms with E-state index in [1.807, 2.05) is 66.7 Å². The van der Waals surface area contributed by atoms with Crippen LogP contribution >= 0.6 is 0 Å². The molecule has 1 aliphatic heterocycles. The Labute approximate surface area is 174 Å². The third-order valence-electron chi connectivity index (χ3n) is 5.25. The summed E-state index contributed by atoms with van der Waals surface area (Å²) in [6.45, 7) is 0. The van der Waals surface area contributed by atoms with Gasteiger partial charge in [-0.3, -0.25) is 10.1 Å². The van der Waals surface area contributed by atoms with E-state index in [2.05, 4.69) is 4.90 Å². The summed E-state index contributed by atoms with van der Waals surface area (Å²) < 4.78 is 5.08. The van der Waals surface area contributed by atoms with Gasteiger partial charge in [-0.25, -0.2) is 4.79 Å². The lowest BCUT2D eigenvalue weighted by Gasteiger charge is -2.34. The molecule has 0 radical (unpaired) electrons. The third kappa shape index (κ3) is 3.55. The van der Waals surface area contributed by atoms with E-state index in [9.17, 15) is 14.9 Å². The first-order chi connectivity index (χ1) is 14.6. The summed E-state index contributed by atoms with van der Waals surface area (Å²) in [6, 6.07) is 25.3. The van der Waals surface area contributed by atoms with E-state index in [1.54, 1.807) is 12.1 Å².